The van der Waals surface area contributed by atoms with Gasteiger partial charge in [-0.05, 0) is 54.8 Å². The number of fused-ring (bicyclic) bond motifs is 5. The Morgan fingerprint density at radius 1 is 1.23 bits per heavy atom. The van der Waals surface area contributed by atoms with Gasteiger partial charge in [0, 0.05) is 51.0 Å². The number of alkyl halides is 2. The molecule has 12 heteroatoms. The fraction of sp³-hybridized carbons (Fsp3) is 0.457. The Morgan fingerprint density at radius 2 is 2.09 bits per heavy atom. The molecule has 0 unspecified atom stereocenters. The van der Waals surface area contributed by atoms with Crippen molar-refractivity contribution in [3.8, 4) is 29.6 Å². The fourth-order valence-electron chi connectivity index (χ4n) is 7.82. The van der Waals surface area contributed by atoms with E-state index in [-0.39, 0.29) is 65.3 Å². The van der Waals surface area contributed by atoms with E-state index in [0.717, 1.165) is 4.90 Å². The lowest BCUT2D eigenvalue weighted by atomic mass is 9.80. The number of anilines is 2. The summed E-state index contributed by atoms with van der Waals surface area (Å²) in [6.45, 7) is -5.23. The van der Waals surface area contributed by atoms with E-state index in [1.807, 2.05) is 0 Å². The van der Waals surface area contributed by atoms with Crippen LogP contribution in [-0.2, 0) is 4.74 Å². The summed E-state index contributed by atoms with van der Waals surface area (Å²) >= 11 is 0. The van der Waals surface area contributed by atoms with Gasteiger partial charge in [-0.3, -0.25) is 9.88 Å². The second-order valence-corrected chi connectivity index (χ2v) is 13.1. The number of aromatic nitrogens is 3. The molecule has 2 aromatic carbocycles. The van der Waals surface area contributed by atoms with Gasteiger partial charge in [0.2, 0.25) is 0 Å². The van der Waals surface area contributed by atoms with Crippen LogP contribution in [0.3, 0.4) is 0 Å². The maximum Gasteiger partial charge on any atom is 0.319 e. The number of hydrogen-bond acceptors (Lipinski definition) is 8. The first-order valence-corrected chi connectivity index (χ1v) is 15.5. The Hall–Kier alpha value is -4.21. The second-order valence-electron chi connectivity index (χ2n) is 13.1. The van der Waals surface area contributed by atoms with E-state index in [1.165, 1.54) is 24.4 Å². The zero-order valence-corrected chi connectivity index (χ0v) is 25.0. The average Bonchev–Trinajstić information content (AvgIpc) is 3.95. The highest BCUT2D eigenvalue weighted by Crippen LogP contribution is 2.66. The molecule has 0 bridgehead atoms. The van der Waals surface area contributed by atoms with Gasteiger partial charge in [-0.1, -0.05) is 12.0 Å². The lowest BCUT2D eigenvalue weighted by Crippen LogP contribution is -2.49. The number of terminal acetylenes is 1. The Balaban J connectivity index is 1.24. The van der Waals surface area contributed by atoms with Crippen molar-refractivity contribution in [2.45, 2.75) is 49.6 Å². The third kappa shape index (κ3) is 4.18. The maximum atomic E-state index is 17.1. The standard InChI is InChI=1S/C35H32F4N6O2/c1-2-21-25(37)4-3-18-11-20(40)12-22(26(18)21)29-28(39)30-23(14-41-29)32(45-9-10-46-16-24-27(38)31(24)45)43-33(42-30)47-17-35-13-19(36)15-44(35)8-7-34(35)5-6-34/h1,3-4,11-12,14,19,24,27,31H,5-10,13,15-17,40H2/t19-,24+,27+,31+,35-/m1/s1/i8D2,17D2,19D. The van der Waals surface area contributed by atoms with Gasteiger partial charge in [-0.25, -0.2) is 17.6 Å². The van der Waals surface area contributed by atoms with Crippen molar-refractivity contribution in [3.05, 3.63) is 47.7 Å². The lowest BCUT2D eigenvalue weighted by Gasteiger charge is -2.37. The van der Waals surface area contributed by atoms with Crippen molar-refractivity contribution in [2.24, 2.45) is 11.3 Å². The van der Waals surface area contributed by atoms with Crippen molar-refractivity contribution in [2.75, 3.05) is 50.0 Å². The van der Waals surface area contributed by atoms with E-state index in [4.69, 9.17) is 25.7 Å². The molecular weight excluding hydrogens is 612 g/mol. The van der Waals surface area contributed by atoms with Gasteiger partial charge in [0.05, 0.1) is 39.9 Å². The quantitative estimate of drug-likeness (QED) is 0.179. The van der Waals surface area contributed by atoms with Gasteiger partial charge in [0.25, 0.3) is 0 Å². The summed E-state index contributed by atoms with van der Waals surface area (Å²) in [6.07, 6.45) is 3.00. The van der Waals surface area contributed by atoms with Crippen LogP contribution in [0.2, 0.25) is 0 Å². The average molecular weight is 650 g/mol. The van der Waals surface area contributed by atoms with Gasteiger partial charge in [-0.2, -0.15) is 9.97 Å². The number of halogens is 4. The zero-order chi connectivity index (χ0) is 36.7. The molecule has 3 saturated heterocycles. The Bertz CT molecular complexity index is 2250. The highest BCUT2D eigenvalue weighted by Gasteiger charge is 2.68. The Morgan fingerprint density at radius 3 is 2.89 bits per heavy atom. The molecule has 2 aromatic heterocycles. The number of ether oxygens (including phenoxy) is 2. The van der Waals surface area contributed by atoms with Crippen LogP contribution in [0, 0.1) is 35.3 Å². The van der Waals surface area contributed by atoms with Gasteiger partial charge < -0.3 is 20.1 Å². The third-order valence-corrected chi connectivity index (χ3v) is 10.5. The molecule has 2 N–H and O–H groups in total. The van der Waals surface area contributed by atoms with E-state index in [1.54, 1.807) is 11.0 Å². The summed E-state index contributed by atoms with van der Waals surface area (Å²) in [5, 5.41) is 0.635. The smallest absolute Gasteiger partial charge is 0.319 e. The molecule has 5 heterocycles. The molecular formula is C35H32F4N6O2. The summed E-state index contributed by atoms with van der Waals surface area (Å²) in [5.41, 5.74) is 2.66. The monoisotopic (exact) mass is 649 g/mol. The van der Waals surface area contributed by atoms with E-state index in [9.17, 15) is 7.13 Å². The van der Waals surface area contributed by atoms with Crippen LogP contribution >= 0.6 is 0 Å². The molecule has 5 fully saturated rings. The number of nitrogens with two attached hydrogens (primary N) is 1. The Labute approximate surface area is 275 Å². The fourth-order valence-corrected chi connectivity index (χ4v) is 7.82. The molecule has 1 spiro atoms. The summed E-state index contributed by atoms with van der Waals surface area (Å²) in [7, 11) is 0. The minimum Gasteiger partial charge on any atom is -0.461 e. The molecule has 0 radical (unpaired) electrons. The molecule has 2 aliphatic carbocycles. The summed E-state index contributed by atoms with van der Waals surface area (Å²) < 4.78 is 119. The highest BCUT2D eigenvalue weighted by molar-refractivity contribution is 6.03. The predicted molar refractivity (Wildman–Crippen MR) is 168 cm³/mol. The normalized spacial score (nSPS) is 33.6. The number of benzene rings is 2. The molecule has 242 valence electrons. The molecule has 9 rings (SSSR count). The molecule has 5 atom stereocenters. The second kappa shape index (κ2) is 10.1. The van der Waals surface area contributed by atoms with Crippen LogP contribution in [0.5, 0.6) is 6.01 Å². The van der Waals surface area contributed by atoms with E-state index in [2.05, 4.69) is 20.9 Å². The first-order chi connectivity index (χ1) is 24.5. The lowest BCUT2D eigenvalue weighted by molar-refractivity contribution is 0.0639. The van der Waals surface area contributed by atoms with E-state index in [0.29, 0.717) is 18.2 Å². The van der Waals surface area contributed by atoms with Crippen LogP contribution in [0.4, 0.5) is 29.1 Å². The van der Waals surface area contributed by atoms with Gasteiger partial charge in [-0.15, -0.1) is 6.42 Å². The predicted octanol–water partition coefficient (Wildman–Crippen LogP) is 5.21. The maximum absolute atomic E-state index is 17.1. The van der Waals surface area contributed by atoms with E-state index < -0.39 is 84.4 Å². The van der Waals surface area contributed by atoms with Gasteiger partial charge >= 0.3 is 6.01 Å². The van der Waals surface area contributed by atoms with Crippen LogP contribution in [0.25, 0.3) is 32.9 Å². The first kappa shape index (κ1) is 24.0. The molecule has 3 aliphatic heterocycles. The Kier molecular flexibility index (Phi) is 5.18. The first-order valence-electron chi connectivity index (χ1n) is 18.0. The van der Waals surface area contributed by atoms with Crippen molar-refractivity contribution < 1.29 is 33.9 Å². The largest absolute Gasteiger partial charge is 0.461 e. The summed E-state index contributed by atoms with van der Waals surface area (Å²) in [6, 6.07) is 4.22. The van der Waals surface area contributed by atoms with Crippen LogP contribution in [0.15, 0.2) is 30.5 Å². The van der Waals surface area contributed by atoms with Crippen molar-refractivity contribution in [1.82, 2.24) is 19.9 Å². The zero-order valence-electron chi connectivity index (χ0n) is 30.0. The third-order valence-electron chi connectivity index (χ3n) is 10.5. The number of pyridine rings is 1. The summed E-state index contributed by atoms with van der Waals surface area (Å²) in [4.78, 5) is 15.9. The molecule has 8 nitrogen and oxygen atoms in total. The topological polar surface area (TPSA) is 89.6 Å². The van der Waals surface area contributed by atoms with Crippen molar-refractivity contribution in [1.29, 1.82) is 0 Å². The molecule has 4 aromatic rings. The minimum absolute atomic E-state index is 0.00816. The summed E-state index contributed by atoms with van der Waals surface area (Å²) in [5.74, 6) is 0.0638. The molecule has 2 saturated carbocycles. The highest BCUT2D eigenvalue weighted by atomic mass is 19.1. The van der Waals surface area contributed by atoms with Crippen molar-refractivity contribution >= 4 is 33.2 Å². The number of nitrogen functional groups attached to an aromatic ring is 1. The SMILES string of the molecule is [2H]C1([2H])CC2(CC2)[C@]2(C([2H])([2H])Oc3nc(N4CCOC[C@H]5[C@H](F)[C@H]54)c4cnc(-c5cc(N)cc6ccc(F)c(C#C)c56)c(F)c4n3)C[C@@]([2H])(F)CN12. The molecule has 5 aliphatic rings. The minimum atomic E-state index is -2.89. The molecule has 0 amide bonds. The van der Waals surface area contributed by atoms with Gasteiger partial charge in [0.1, 0.15) is 41.7 Å². The van der Waals surface area contributed by atoms with E-state index >= 15 is 13.2 Å². The number of rotatable bonds is 5. The van der Waals surface area contributed by atoms with Gasteiger partial charge in [0.15, 0.2) is 5.82 Å². The molecule has 47 heavy (non-hydrogen) atoms. The number of hydrogen-bond donors (Lipinski definition) is 1. The van der Waals surface area contributed by atoms with Crippen molar-refractivity contribution in [3.63, 3.8) is 0 Å². The number of nitrogens with zero attached hydrogens (tertiary/aromatic N) is 5. The van der Waals surface area contributed by atoms with Crippen LogP contribution < -0.4 is 15.4 Å². The van der Waals surface area contributed by atoms with Crippen LogP contribution in [-0.4, -0.2) is 83.1 Å². The van der Waals surface area contributed by atoms with Crippen LogP contribution in [0.1, 0.15) is 38.1 Å².